The Morgan fingerprint density at radius 2 is 1.78 bits per heavy atom. The minimum absolute atomic E-state index is 0.152. The third-order valence-electron chi connectivity index (χ3n) is 6.30. The molecule has 0 aromatic heterocycles. The van der Waals surface area contributed by atoms with E-state index in [1.54, 1.807) is 0 Å². The highest BCUT2D eigenvalue weighted by atomic mass is 16.6. The van der Waals surface area contributed by atoms with Crippen molar-refractivity contribution in [3.05, 3.63) is 47.5 Å². The monoisotopic (exact) mass is 365 g/mol. The zero-order valence-electron chi connectivity index (χ0n) is 15.3. The van der Waals surface area contributed by atoms with Crippen molar-refractivity contribution >= 4 is 5.69 Å². The van der Waals surface area contributed by atoms with Crippen molar-refractivity contribution in [2.24, 2.45) is 0 Å². The highest BCUT2D eigenvalue weighted by Gasteiger charge is 2.50. The predicted octanol–water partition coefficient (Wildman–Crippen LogP) is 3.14. The van der Waals surface area contributed by atoms with Gasteiger partial charge in [-0.25, -0.2) is 0 Å². The van der Waals surface area contributed by atoms with Gasteiger partial charge in [0.15, 0.2) is 11.5 Å². The van der Waals surface area contributed by atoms with E-state index in [0.717, 1.165) is 43.4 Å². The number of anilines is 1. The van der Waals surface area contributed by atoms with Crippen molar-refractivity contribution in [3.8, 4) is 17.2 Å². The quantitative estimate of drug-likeness (QED) is 0.818. The molecule has 140 valence electrons. The molecule has 0 amide bonds. The maximum Gasteiger partial charge on any atom is 0.165 e. The minimum atomic E-state index is -0.152. The molecule has 5 heteroatoms. The fraction of sp³-hybridized carbons (Fsp3) is 0.455. The lowest BCUT2D eigenvalue weighted by molar-refractivity contribution is 0.115. The van der Waals surface area contributed by atoms with Gasteiger partial charge in [0.25, 0.3) is 0 Å². The van der Waals surface area contributed by atoms with E-state index in [1.807, 2.05) is 6.07 Å². The average molecular weight is 365 g/mol. The number of para-hydroxylation sites is 1. The Morgan fingerprint density at radius 3 is 2.63 bits per heavy atom. The molecule has 27 heavy (non-hydrogen) atoms. The number of rotatable bonds is 2. The Bertz CT molecular complexity index is 892. The summed E-state index contributed by atoms with van der Waals surface area (Å²) in [5.74, 6) is 2.55. The van der Waals surface area contributed by atoms with Crippen molar-refractivity contribution < 1.29 is 18.9 Å². The third-order valence-corrected chi connectivity index (χ3v) is 6.30. The van der Waals surface area contributed by atoms with Gasteiger partial charge >= 0.3 is 0 Å². The molecule has 1 spiro atoms. The highest BCUT2D eigenvalue weighted by Crippen LogP contribution is 2.54. The Morgan fingerprint density at radius 1 is 0.926 bits per heavy atom. The van der Waals surface area contributed by atoms with Gasteiger partial charge in [-0.15, -0.1) is 0 Å². The van der Waals surface area contributed by atoms with Crippen LogP contribution in [0.15, 0.2) is 36.4 Å². The second-order valence-corrected chi connectivity index (χ2v) is 7.90. The molecule has 1 saturated heterocycles. The van der Waals surface area contributed by atoms with Crippen LogP contribution in [0.3, 0.4) is 0 Å². The van der Waals surface area contributed by atoms with Gasteiger partial charge in [-0.2, -0.15) is 0 Å². The molecule has 6 rings (SSSR count). The number of benzene rings is 2. The molecule has 2 aromatic carbocycles. The fourth-order valence-corrected chi connectivity index (χ4v) is 5.04. The molecular weight excluding hydrogens is 342 g/mol. The van der Waals surface area contributed by atoms with E-state index in [2.05, 4.69) is 35.2 Å². The summed E-state index contributed by atoms with van der Waals surface area (Å²) in [6, 6.07) is 12.9. The molecule has 0 N–H and O–H groups in total. The molecule has 0 saturated carbocycles. The molecular formula is C22H23NO4. The zero-order valence-corrected chi connectivity index (χ0v) is 15.3. The van der Waals surface area contributed by atoms with E-state index >= 15 is 0 Å². The Hall–Kier alpha value is -2.40. The number of hydrogen-bond donors (Lipinski definition) is 0. The van der Waals surface area contributed by atoms with E-state index in [9.17, 15) is 0 Å². The Kier molecular flexibility index (Phi) is 3.36. The SMILES string of the molecule is c1ccc2c(c1)N(C[C@@H]1CCCO1)CC21COc2cc3c(cc21)OCCO3. The van der Waals surface area contributed by atoms with Crippen molar-refractivity contribution in [1.82, 2.24) is 0 Å². The second-order valence-electron chi connectivity index (χ2n) is 7.90. The lowest BCUT2D eigenvalue weighted by Crippen LogP contribution is -2.39. The summed E-state index contributed by atoms with van der Waals surface area (Å²) in [7, 11) is 0. The summed E-state index contributed by atoms with van der Waals surface area (Å²) in [6.45, 7) is 4.60. The van der Waals surface area contributed by atoms with E-state index in [-0.39, 0.29) is 5.41 Å². The van der Waals surface area contributed by atoms with Gasteiger partial charge in [-0.05, 0) is 30.5 Å². The molecule has 5 nitrogen and oxygen atoms in total. The summed E-state index contributed by atoms with van der Waals surface area (Å²) < 4.78 is 23.7. The van der Waals surface area contributed by atoms with Gasteiger partial charge in [0, 0.05) is 37.0 Å². The van der Waals surface area contributed by atoms with Crippen LogP contribution >= 0.6 is 0 Å². The van der Waals surface area contributed by atoms with Crippen LogP contribution in [0.2, 0.25) is 0 Å². The summed E-state index contributed by atoms with van der Waals surface area (Å²) in [6.07, 6.45) is 2.65. The number of nitrogens with zero attached hydrogens (tertiary/aromatic N) is 1. The van der Waals surface area contributed by atoms with Gasteiger partial charge in [-0.1, -0.05) is 18.2 Å². The maximum absolute atomic E-state index is 6.18. The first-order valence-electron chi connectivity index (χ1n) is 9.86. The van der Waals surface area contributed by atoms with E-state index in [0.29, 0.717) is 25.9 Å². The smallest absolute Gasteiger partial charge is 0.165 e. The lowest BCUT2D eigenvalue weighted by atomic mass is 9.77. The topological polar surface area (TPSA) is 40.2 Å². The second kappa shape index (κ2) is 5.80. The van der Waals surface area contributed by atoms with Gasteiger partial charge in [0.1, 0.15) is 25.6 Å². The molecule has 2 atom stereocenters. The van der Waals surface area contributed by atoms with Crippen LogP contribution in [0.4, 0.5) is 5.69 Å². The molecule has 4 heterocycles. The van der Waals surface area contributed by atoms with E-state index < -0.39 is 0 Å². The van der Waals surface area contributed by atoms with Crippen molar-refractivity contribution in [2.45, 2.75) is 24.4 Å². The third kappa shape index (κ3) is 2.27. The van der Waals surface area contributed by atoms with Crippen LogP contribution in [-0.4, -0.2) is 45.6 Å². The van der Waals surface area contributed by atoms with Gasteiger partial charge in [0.2, 0.25) is 0 Å². The lowest BCUT2D eigenvalue weighted by Gasteiger charge is -2.27. The minimum Gasteiger partial charge on any atom is -0.492 e. The summed E-state index contributed by atoms with van der Waals surface area (Å²) in [5, 5.41) is 0. The van der Waals surface area contributed by atoms with Crippen LogP contribution in [0.5, 0.6) is 17.2 Å². The van der Waals surface area contributed by atoms with Gasteiger partial charge in [-0.3, -0.25) is 0 Å². The molecule has 0 bridgehead atoms. The first-order chi connectivity index (χ1) is 13.3. The zero-order chi connectivity index (χ0) is 17.8. The Labute approximate surface area is 158 Å². The first-order valence-corrected chi connectivity index (χ1v) is 9.86. The van der Waals surface area contributed by atoms with Gasteiger partial charge in [0.05, 0.1) is 11.5 Å². The van der Waals surface area contributed by atoms with Crippen molar-refractivity contribution in [1.29, 1.82) is 0 Å². The van der Waals surface area contributed by atoms with Crippen LogP contribution in [0.1, 0.15) is 24.0 Å². The van der Waals surface area contributed by atoms with Crippen molar-refractivity contribution in [2.75, 3.05) is 44.4 Å². The van der Waals surface area contributed by atoms with Crippen LogP contribution < -0.4 is 19.1 Å². The van der Waals surface area contributed by atoms with E-state index in [4.69, 9.17) is 18.9 Å². The largest absolute Gasteiger partial charge is 0.492 e. The van der Waals surface area contributed by atoms with Crippen LogP contribution in [0, 0.1) is 0 Å². The fourth-order valence-electron chi connectivity index (χ4n) is 5.04. The van der Waals surface area contributed by atoms with E-state index in [1.165, 1.54) is 23.2 Å². The summed E-state index contributed by atoms with van der Waals surface area (Å²) in [5.41, 5.74) is 3.71. The molecule has 0 aliphatic carbocycles. The molecule has 4 aliphatic heterocycles. The molecule has 1 unspecified atom stereocenters. The maximum atomic E-state index is 6.18. The van der Waals surface area contributed by atoms with Crippen LogP contribution in [-0.2, 0) is 10.2 Å². The first kappa shape index (κ1) is 15.6. The predicted molar refractivity (Wildman–Crippen MR) is 101 cm³/mol. The summed E-state index contributed by atoms with van der Waals surface area (Å²) >= 11 is 0. The standard InChI is InChI=1S/C22H23NO4/c1-2-6-18-16(5-1)22(13-23(18)12-15-4-3-7-24-15)14-27-19-11-21-20(10-17(19)22)25-8-9-26-21/h1-2,5-6,10-11,15H,3-4,7-9,12-14H2/t15-,22?/m0/s1. The molecule has 4 aliphatic rings. The number of ether oxygens (including phenoxy) is 4. The normalized spacial score (nSPS) is 27.6. The molecule has 2 aromatic rings. The van der Waals surface area contributed by atoms with Crippen molar-refractivity contribution in [3.63, 3.8) is 0 Å². The number of hydrogen-bond acceptors (Lipinski definition) is 5. The molecule has 0 radical (unpaired) electrons. The van der Waals surface area contributed by atoms with Gasteiger partial charge < -0.3 is 23.8 Å². The average Bonchev–Trinajstić information content (AvgIpc) is 3.42. The highest BCUT2D eigenvalue weighted by molar-refractivity contribution is 5.70. The van der Waals surface area contributed by atoms with Crippen LogP contribution in [0.25, 0.3) is 0 Å². The summed E-state index contributed by atoms with van der Waals surface area (Å²) in [4.78, 5) is 2.49. The molecule has 1 fully saturated rings. The number of fused-ring (bicyclic) bond motifs is 5. The Balaban J connectivity index is 1.43.